The van der Waals surface area contributed by atoms with E-state index in [4.69, 9.17) is 28.7 Å². The maximum Gasteiger partial charge on any atom is 0.354 e. The number of amides is 3. The highest BCUT2D eigenvalue weighted by atomic mass is 35.5. The van der Waals surface area contributed by atoms with Crippen LogP contribution in [0.15, 0.2) is 0 Å². The van der Waals surface area contributed by atoms with Gasteiger partial charge in [-0.2, -0.15) is 0 Å². The minimum absolute atomic E-state index is 0.156. The Balaban J connectivity index is 4.12. The molecule has 0 unspecified atom stereocenters. The van der Waals surface area contributed by atoms with Crippen molar-refractivity contribution in [2.45, 2.75) is 19.4 Å². The first-order valence-corrected chi connectivity index (χ1v) is 3.62. The fourth-order valence-corrected chi connectivity index (χ4v) is 0.377. The van der Waals surface area contributed by atoms with Crippen molar-refractivity contribution in [2.75, 3.05) is 0 Å². The van der Waals surface area contributed by atoms with Crippen LogP contribution in [0, 0.1) is 0 Å². The molecule has 5 nitrogen and oxygen atoms in total. The number of carbonyl (C=O) groups excluding carboxylic acids is 2. The summed E-state index contributed by atoms with van der Waals surface area (Å²) >= 11 is 9.95. The maximum absolute atomic E-state index is 10.9. The molecule has 7 heteroatoms. The first-order valence-electron chi connectivity index (χ1n) is 2.94. The Kier molecular flexibility index (Phi) is 3.76. The Morgan fingerprint density at radius 3 is 2.08 bits per heavy atom. The first-order chi connectivity index (χ1) is 5.25. The fraction of sp³-hybridized carbons (Fsp3) is 0.600. The molecule has 0 heterocycles. The van der Waals surface area contributed by atoms with Crippen LogP contribution in [0.1, 0.15) is 13.8 Å². The molecule has 0 rings (SSSR count). The zero-order valence-corrected chi connectivity index (χ0v) is 7.98. The van der Waals surface area contributed by atoms with Crippen molar-refractivity contribution >= 4 is 35.5 Å². The minimum atomic E-state index is -1.64. The lowest BCUT2D eigenvalue weighted by atomic mass is 10.1. The average Bonchev–Trinajstić information content (AvgIpc) is 1.85. The molecule has 0 aromatic heterocycles. The van der Waals surface area contributed by atoms with Gasteiger partial charge in [0.1, 0.15) is 5.60 Å². The van der Waals surface area contributed by atoms with Gasteiger partial charge in [0.2, 0.25) is 0 Å². The Labute approximate surface area is 79.5 Å². The SMILES string of the molecule is CC(C)(O)C(=O)NC(=O)N(Cl)Cl. The lowest BCUT2D eigenvalue weighted by molar-refractivity contribution is -0.135. The molecule has 0 aliphatic heterocycles. The number of nitrogens with one attached hydrogen (secondary N) is 1. The molecule has 0 aliphatic carbocycles. The Morgan fingerprint density at radius 1 is 1.42 bits per heavy atom. The number of imide groups is 1. The van der Waals surface area contributed by atoms with Gasteiger partial charge >= 0.3 is 6.03 Å². The van der Waals surface area contributed by atoms with Crippen LogP contribution in [0.5, 0.6) is 0 Å². The van der Waals surface area contributed by atoms with E-state index in [2.05, 4.69) is 0 Å². The number of rotatable bonds is 1. The number of urea groups is 1. The van der Waals surface area contributed by atoms with Crippen molar-refractivity contribution in [2.24, 2.45) is 0 Å². The van der Waals surface area contributed by atoms with Gasteiger partial charge in [-0.1, -0.05) is 0 Å². The zero-order chi connectivity index (χ0) is 9.94. The topological polar surface area (TPSA) is 69.6 Å². The third kappa shape index (κ3) is 3.75. The smallest absolute Gasteiger partial charge is 0.354 e. The number of halogens is 2. The predicted molar refractivity (Wildman–Crippen MR) is 43.4 cm³/mol. The molecular formula is C5H8Cl2N2O3. The monoisotopic (exact) mass is 214 g/mol. The second-order valence-electron chi connectivity index (χ2n) is 2.55. The highest BCUT2D eigenvalue weighted by Gasteiger charge is 2.26. The third-order valence-corrected chi connectivity index (χ3v) is 1.24. The summed E-state index contributed by atoms with van der Waals surface area (Å²) in [5, 5.41) is 10.8. The van der Waals surface area contributed by atoms with Crippen LogP contribution in [0.3, 0.4) is 0 Å². The minimum Gasteiger partial charge on any atom is -0.381 e. The molecule has 12 heavy (non-hydrogen) atoms. The van der Waals surface area contributed by atoms with Crippen LogP contribution in [-0.2, 0) is 4.79 Å². The molecule has 0 radical (unpaired) electrons. The summed E-state index contributed by atoms with van der Waals surface area (Å²) in [4.78, 5) is 21.5. The molecule has 2 N–H and O–H groups in total. The van der Waals surface area contributed by atoms with E-state index in [1.807, 2.05) is 0 Å². The van der Waals surface area contributed by atoms with Crippen molar-refractivity contribution in [3.05, 3.63) is 0 Å². The number of aliphatic hydroxyl groups is 1. The van der Waals surface area contributed by atoms with E-state index < -0.39 is 17.5 Å². The van der Waals surface area contributed by atoms with E-state index in [0.717, 1.165) is 0 Å². The van der Waals surface area contributed by atoms with Gasteiger partial charge < -0.3 is 5.11 Å². The van der Waals surface area contributed by atoms with Crippen molar-refractivity contribution in [1.29, 1.82) is 0 Å². The summed E-state index contributed by atoms with van der Waals surface area (Å²) in [7, 11) is 0. The number of carbonyl (C=O) groups is 2. The van der Waals surface area contributed by atoms with Crippen molar-refractivity contribution in [3.63, 3.8) is 0 Å². The van der Waals surface area contributed by atoms with Crippen molar-refractivity contribution in [3.8, 4) is 0 Å². The first kappa shape index (κ1) is 11.5. The van der Waals surface area contributed by atoms with E-state index in [1.165, 1.54) is 13.8 Å². The molecule has 0 aliphatic rings. The van der Waals surface area contributed by atoms with Gasteiger partial charge in [-0.25, -0.2) is 4.79 Å². The molecule has 0 spiro atoms. The fourth-order valence-electron chi connectivity index (χ4n) is 0.292. The van der Waals surface area contributed by atoms with Gasteiger partial charge in [-0.3, -0.25) is 10.1 Å². The second kappa shape index (κ2) is 3.93. The van der Waals surface area contributed by atoms with E-state index >= 15 is 0 Å². The summed E-state index contributed by atoms with van der Waals surface area (Å²) in [5.41, 5.74) is -1.64. The highest BCUT2D eigenvalue weighted by molar-refractivity contribution is 6.41. The summed E-state index contributed by atoms with van der Waals surface area (Å²) in [5.74, 6) is -0.876. The molecule has 0 saturated carbocycles. The van der Waals surface area contributed by atoms with Gasteiger partial charge in [0, 0.05) is 23.6 Å². The van der Waals surface area contributed by atoms with Gasteiger partial charge in [0.25, 0.3) is 5.91 Å². The van der Waals surface area contributed by atoms with Crippen LogP contribution in [0.25, 0.3) is 0 Å². The van der Waals surface area contributed by atoms with Crippen molar-refractivity contribution < 1.29 is 14.7 Å². The normalized spacial score (nSPS) is 10.8. The molecule has 0 aromatic rings. The molecule has 3 amide bonds. The summed E-state index contributed by atoms with van der Waals surface area (Å²) in [6.07, 6.45) is 0. The second-order valence-corrected chi connectivity index (χ2v) is 3.40. The molecule has 0 saturated heterocycles. The Morgan fingerprint density at radius 2 is 1.83 bits per heavy atom. The summed E-state index contributed by atoms with van der Waals surface area (Å²) in [6, 6.07) is -1.01. The van der Waals surface area contributed by atoms with E-state index in [0.29, 0.717) is 0 Å². The van der Waals surface area contributed by atoms with Crippen LogP contribution < -0.4 is 5.32 Å². The van der Waals surface area contributed by atoms with Gasteiger partial charge in [-0.15, -0.1) is 3.94 Å². The van der Waals surface area contributed by atoms with Gasteiger partial charge in [-0.05, 0) is 13.8 Å². The molecule has 0 fully saturated rings. The Bertz CT molecular complexity index is 199. The molecule has 70 valence electrons. The number of hydrogen-bond donors (Lipinski definition) is 2. The van der Waals surface area contributed by atoms with Crippen LogP contribution >= 0.6 is 23.6 Å². The molecule has 0 aromatic carbocycles. The van der Waals surface area contributed by atoms with Crippen molar-refractivity contribution in [1.82, 2.24) is 9.25 Å². The zero-order valence-electron chi connectivity index (χ0n) is 6.47. The standard InChI is InChI=1S/C5H8Cl2N2O3/c1-5(2,12)3(10)8-4(11)9(6)7/h12H,1-2H3,(H,8,10,11). The van der Waals surface area contributed by atoms with Crippen LogP contribution in [-0.4, -0.2) is 26.6 Å². The van der Waals surface area contributed by atoms with Gasteiger partial charge in [0.15, 0.2) is 0 Å². The van der Waals surface area contributed by atoms with E-state index in [9.17, 15) is 9.59 Å². The lowest BCUT2D eigenvalue weighted by Crippen LogP contribution is -2.46. The van der Waals surface area contributed by atoms with Crippen LogP contribution in [0.2, 0.25) is 0 Å². The quantitative estimate of drug-likeness (QED) is 0.629. The largest absolute Gasteiger partial charge is 0.381 e. The third-order valence-electron chi connectivity index (χ3n) is 0.930. The molecular weight excluding hydrogens is 207 g/mol. The van der Waals surface area contributed by atoms with Crippen LogP contribution in [0.4, 0.5) is 4.79 Å². The van der Waals surface area contributed by atoms with E-state index in [-0.39, 0.29) is 3.94 Å². The highest BCUT2D eigenvalue weighted by Crippen LogP contribution is 2.03. The number of nitrogens with zero attached hydrogens (tertiary/aromatic N) is 1. The van der Waals surface area contributed by atoms with E-state index in [1.54, 1.807) is 5.32 Å². The Hall–Kier alpha value is -0.520. The van der Waals surface area contributed by atoms with Gasteiger partial charge in [0.05, 0.1) is 0 Å². The summed E-state index contributed by atoms with van der Waals surface area (Å²) < 4.78 is 0.156. The summed E-state index contributed by atoms with van der Waals surface area (Å²) in [6.45, 7) is 2.45. The lowest BCUT2D eigenvalue weighted by Gasteiger charge is -2.15. The molecule has 0 bridgehead atoms. The maximum atomic E-state index is 10.9. The predicted octanol–water partition coefficient (Wildman–Crippen LogP) is 0.603. The number of hydrogen-bond acceptors (Lipinski definition) is 3. The molecule has 0 atom stereocenters. The average molecular weight is 215 g/mol.